The first-order valence-electron chi connectivity index (χ1n) is 7.56. The number of ether oxygens (including phenoxy) is 2. The van der Waals surface area contributed by atoms with Gasteiger partial charge in [-0.05, 0) is 25.1 Å². The van der Waals surface area contributed by atoms with Gasteiger partial charge in [-0.25, -0.2) is 13.4 Å². The molecule has 1 aromatic rings. The molecule has 2 N–H and O–H groups in total. The molecule has 1 aromatic carbocycles. The highest BCUT2D eigenvalue weighted by atomic mass is 127. The Kier molecular flexibility index (Phi) is 11.5. The highest BCUT2D eigenvalue weighted by Gasteiger charge is 2.11. The summed E-state index contributed by atoms with van der Waals surface area (Å²) in [5, 5.41) is 5.83. The molecule has 0 heterocycles. The zero-order valence-corrected chi connectivity index (χ0v) is 17.9. The van der Waals surface area contributed by atoms with E-state index in [0.29, 0.717) is 23.8 Å². The largest absolute Gasteiger partial charge is 0.497 e. The molecule has 0 aromatic heterocycles. The first-order chi connectivity index (χ1) is 11.7. The minimum Gasteiger partial charge on any atom is -0.497 e. The van der Waals surface area contributed by atoms with E-state index in [1.807, 2.05) is 6.92 Å². The number of hydrogen-bond donors (Lipinski definition) is 2. The second-order valence-electron chi connectivity index (χ2n) is 5.10. The van der Waals surface area contributed by atoms with Crippen LogP contribution in [0.2, 0.25) is 0 Å². The van der Waals surface area contributed by atoms with Crippen molar-refractivity contribution in [2.45, 2.75) is 20.1 Å². The number of aliphatic imine (C=N–C) groups is 1. The molecule has 0 aliphatic rings. The van der Waals surface area contributed by atoms with Gasteiger partial charge in [-0.3, -0.25) is 0 Å². The Labute approximate surface area is 169 Å². The molecule has 0 atom stereocenters. The van der Waals surface area contributed by atoms with Crippen LogP contribution in [0.15, 0.2) is 23.2 Å². The van der Waals surface area contributed by atoms with Crippen LogP contribution in [-0.4, -0.2) is 53.2 Å². The van der Waals surface area contributed by atoms with Crippen LogP contribution < -0.4 is 20.1 Å². The topological polar surface area (TPSA) is 89.0 Å². The van der Waals surface area contributed by atoms with Gasteiger partial charge in [0, 0.05) is 24.9 Å². The van der Waals surface area contributed by atoms with E-state index in [2.05, 4.69) is 20.4 Å². The van der Waals surface area contributed by atoms with E-state index in [0.717, 1.165) is 6.26 Å². The van der Waals surface area contributed by atoms with E-state index in [9.17, 15) is 17.2 Å². The Hall–Kier alpha value is -1.37. The molecule has 0 aliphatic carbocycles. The van der Waals surface area contributed by atoms with Crippen molar-refractivity contribution in [2.24, 2.45) is 4.99 Å². The zero-order valence-electron chi connectivity index (χ0n) is 14.8. The molecule has 0 amide bonds. The maximum Gasteiger partial charge on any atom is 0.387 e. The van der Waals surface area contributed by atoms with Gasteiger partial charge < -0.3 is 20.1 Å². The van der Waals surface area contributed by atoms with Gasteiger partial charge in [0.05, 0.1) is 19.4 Å². The SMILES string of the molecule is CCNC(=NCc1cc(OC)ccc1OC(F)F)NCCS(C)(=O)=O.I. The average Bonchev–Trinajstić information content (AvgIpc) is 2.52. The molecule has 0 saturated heterocycles. The molecule has 7 nitrogen and oxygen atoms in total. The summed E-state index contributed by atoms with van der Waals surface area (Å²) in [6, 6.07) is 4.46. The normalized spacial score (nSPS) is 11.7. The number of nitrogens with zero attached hydrogens (tertiary/aromatic N) is 1. The summed E-state index contributed by atoms with van der Waals surface area (Å²) < 4.78 is 56.9. The fraction of sp³-hybridized carbons (Fsp3) is 0.533. The van der Waals surface area contributed by atoms with Gasteiger partial charge in [0.2, 0.25) is 0 Å². The predicted molar refractivity (Wildman–Crippen MR) is 108 cm³/mol. The zero-order chi connectivity index (χ0) is 18.9. The van der Waals surface area contributed by atoms with Crippen LogP contribution >= 0.6 is 24.0 Å². The molecule has 26 heavy (non-hydrogen) atoms. The lowest BCUT2D eigenvalue weighted by molar-refractivity contribution is -0.0504. The van der Waals surface area contributed by atoms with E-state index in [1.165, 1.54) is 19.2 Å². The Bertz CT molecular complexity index is 687. The van der Waals surface area contributed by atoms with Gasteiger partial charge in [0.25, 0.3) is 0 Å². The minimum atomic E-state index is -3.10. The molecular formula is C15H24F2IN3O4S. The van der Waals surface area contributed by atoms with E-state index >= 15 is 0 Å². The third-order valence-corrected chi connectivity index (χ3v) is 3.95. The third kappa shape index (κ3) is 9.94. The summed E-state index contributed by atoms with van der Waals surface area (Å²) in [7, 11) is -1.63. The molecule has 0 bridgehead atoms. The molecule has 11 heteroatoms. The van der Waals surface area contributed by atoms with Crippen molar-refractivity contribution in [3.8, 4) is 11.5 Å². The quantitative estimate of drug-likeness (QED) is 0.302. The Balaban J connectivity index is 0.00000625. The second kappa shape index (κ2) is 12.1. The van der Waals surface area contributed by atoms with Gasteiger partial charge in [-0.2, -0.15) is 8.78 Å². The van der Waals surface area contributed by atoms with Crippen LogP contribution in [0.25, 0.3) is 0 Å². The van der Waals surface area contributed by atoms with Crippen LogP contribution in [0.1, 0.15) is 12.5 Å². The molecular weight excluding hydrogens is 483 g/mol. The lowest BCUT2D eigenvalue weighted by atomic mass is 10.2. The first-order valence-corrected chi connectivity index (χ1v) is 9.63. The highest BCUT2D eigenvalue weighted by Crippen LogP contribution is 2.26. The summed E-state index contributed by atoms with van der Waals surface area (Å²) in [6.45, 7) is -0.304. The van der Waals surface area contributed by atoms with Crippen molar-refractivity contribution >= 4 is 39.8 Å². The Morgan fingerprint density at radius 2 is 2.00 bits per heavy atom. The first kappa shape index (κ1) is 24.6. The Morgan fingerprint density at radius 3 is 2.54 bits per heavy atom. The molecule has 150 valence electrons. The Morgan fingerprint density at radius 1 is 1.31 bits per heavy atom. The third-order valence-electron chi connectivity index (χ3n) is 3.00. The van der Waals surface area contributed by atoms with Crippen molar-refractivity contribution in [2.75, 3.05) is 32.2 Å². The number of benzene rings is 1. The van der Waals surface area contributed by atoms with Crippen LogP contribution in [0, 0.1) is 0 Å². The van der Waals surface area contributed by atoms with Crippen LogP contribution in [-0.2, 0) is 16.4 Å². The van der Waals surface area contributed by atoms with E-state index in [-0.39, 0.29) is 48.6 Å². The minimum absolute atomic E-state index is 0. The second-order valence-corrected chi connectivity index (χ2v) is 7.36. The van der Waals surface area contributed by atoms with Gasteiger partial charge in [0.1, 0.15) is 21.3 Å². The predicted octanol–water partition coefficient (Wildman–Crippen LogP) is 2.01. The monoisotopic (exact) mass is 507 g/mol. The van der Waals surface area contributed by atoms with E-state index < -0.39 is 16.4 Å². The number of sulfone groups is 1. The van der Waals surface area contributed by atoms with Gasteiger partial charge in [-0.15, -0.1) is 24.0 Å². The lowest BCUT2D eigenvalue weighted by Crippen LogP contribution is -2.39. The van der Waals surface area contributed by atoms with Crippen molar-refractivity contribution in [3.63, 3.8) is 0 Å². The van der Waals surface area contributed by atoms with Gasteiger partial charge in [-0.1, -0.05) is 0 Å². The molecule has 0 aliphatic heterocycles. The molecule has 0 radical (unpaired) electrons. The number of halogens is 3. The molecule has 0 saturated carbocycles. The summed E-state index contributed by atoms with van der Waals surface area (Å²) in [4.78, 5) is 4.27. The van der Waals surface area contributed by atoms with E-state index in [4.69, 9.17) is 4.74 Å². The maximum atomic E-state index is 12.5. The number of nitrogens with one attached hydrogen (secondary N) is 2. The number of alkyl halides is 2. The van der Waals surface area contributed by atoms with Crippen molar-refractivity contribution < 1.29 is 26.7 Å². The smallest absolute Gasteiger partial charge is 0.387 e. The molecule has 0 spiro atoms. The number of rotatable bonds is 9. The molecule has 0 unspecified atom stereocenters. The number of methoxy groups -OCH3 is 1. The lowest BCUT2D eigenvalue weighted by Gasteiger charge is -2.13. The fourth-order valence-corrected chi connectivity index (χ4v) is 2.35. The van der Waals surface area contributed by atoms with Crippen LogP contribution in [0.3, 0.4) is 0 Å². The highest BCUT2D eigenvalue weighted by molar-refractivity contribution is 14.0. The van der Waals surface area contributed by atoms with Crippen LogP contribution in [0.5, 0.6) is 11.5 Å². The number of guanidine groups is 1. The van der Waals surface area contributed by atoms with Crippen molar-refractivity contribution in [1.82, 2.24) is 10.6 Å². The van der Waals surface area contributed by atoms with Gasteiger partial charge in [0.15, 0.2) is 5.96 Å². The summed E-state index contributed by atoms with van der Waals surface area (Å²) in [5.41, 5.74) is 0.417. The molecule has 1 rings (SSSR count). The summed E-state index contributed by atoms with van der Waals surface area (Å²) in [5.74, 6) is 0.821. The van der Waals surface area contributed by atoms with Gasteiger partial charge >= 0.3 is 6.61 Å². The van der Waals surface area contributed by atoms with Crippen molar-refractivity contribution in [1.29, 1.82) is 0 Å². The molecule has 0 fully saturated rings. The summed E-state index contributed by atoms with van der Waals surface area (Å²) in [6.07, 6.45) is 1.14. The van der Waals surface area contributed by atoms with Crippen molar-refractivity contribution in [3.05, 3.63) is 23.8 Å². The van der Waals surface area contributed by atoms with E-state index in [1.54, 1.807) is 6.07 Å². The fourth-order valence-electron chi connectivity index (χ4n) is 1.88. The average molecular weight is 507 g/mol. The maximum absolute atomic E-state index is 12.5. The number of hydrogen-bond acceptors (Lipinski definition) is 5. The van der Waals surface area contributed by atoms with Crippen LogP contribution in [0.4, 0.5) is 8.78 Å². The standard InChI is InChI=1S/C15H23F2N3O4S.HI/c1-4-18-15(19-7-8-25(3,21)22)20-10-11-9-12(23-2)5-6-13(11)24-14(16)17;/h5-6,9,14H,4,7-8,10H2,1-3H3,(H2,18,19,20);1H. The summed E-state index contributed by atoms with van der Waals surface area (Å²) >= 11 is 0.